The van der Waals surface area contributed by atoms with Gasteiger partial charge in [0.25, 0.3) is 0 Å². The van der Waals surface area contributed by atoms with E-state index in [4.69, 9.17) is 9.57 Å². The molecule has 2 unspecified atom stereocenters. The first-order valence-electron chi connectivity index (χ1n) is 14.1. The number of unbranched alkanes of at least 4 members (excludes halogenated alkanes) is 1. The minimum Gasteiger partial charge on any atom is -0.469 e. The number of esters is 1. The Labute approximate surface area is 246 Å². The number of carbonyl (C=O) groups is 2. The average Bonchev–Trinajstić information content (AvgIpc) is 2.97. The topological polar surface area (TPSA) is 80.6 Å². The van der Waals surface area contributed by atoms with Crippen LogP contribution in [-0.2, 0) is 19.2 Å². The predicted octanol–water partition coefficient (Wildman–Crippen LogP) is 8.10. The van der Waals surface area contributed by atoms with E-state index in [2.05, 4.69) is 23.1 Å². The first kappa shape index (κ1) is 37.2. The van der Waals surface area contributed by atoms with Gasteiger partial charge in [0.2, 0.25) is 6.41 Å². The lowest BCUT2D eigenvalue weighted by Gasteiger charge is -2.24. The molecule has 0 aliphatic heterocycles. The van der Waals surface area contributed by atoms with E-state index in [0.29, 0.717) is 31.5 Å². The number of hydrogen-bond donors (Lipinski definition) is 0. The third kappa shape index (κ3) is 16.1. The highest BCUT2D eigenvalue weighted by Crippen LogP contribution is 2.14. The molecule has 226 valence electrons. The maximum Gasteiger partial charge on any atom is 0.305 e. The third-order valence-electron chi connectivity index (χ3n) is 5.90. The lowest BCUT2D eigenvalue weighted by molar-refractivity contribution is -0.140. The molecular formula is C33H48FN3O4. The lowest BCUT2D eigenvalue weighted by Crippen LogP contribution is -2.36. The second kappa shape index (κ2) is 22.9. The molecule has 0 saturated carbocycles. The molecule has 0 fully saturated rings. The molecule has 0 rings (SSSR count). The van der Waals surface area contributed by atoms with Gasteiger partial charge in [-0.05, 0) is 84.1 Å². The largest absolute Gasteiger partial charge is 0.469 e. The van der Waals surface area contributed by atoms with Crippen molar-refractivity contribution in [2.45, 2.75) is 92.7 Å². The number of amidine groups is 1. The Morgan fingerprint density at radius 1 is 1.05 bits per heavy atom. The van der Waals surface area contributed by atoms with Crippen molar-refractivity contribution in [2.24, 2.45) is 10.1 Å². The van der Waals surface area contributed by atoms with E-state index in [-0.39, 0.29) is 18.5 Å². The minimum absolute atomic E-state index is 0.275. The summed E-state index contributed by atoms with van der Waals surface area (Å²) < 4.78 is 18.4. The Morgan fingerprint density at radius 2 is 1.76 bits per heavy atom. The van der Waals surface area contributed by atoms with Gasteiger partial charge in [-0.25, -0.2) is 9.38 Å². The number of ether oxygens (including phenoxy) is 1. The quantitative estimate of drug-likeness (QED) is 0.0318. The zero-order valence-electron chi connectivity index (χ0n) is 26.0. The molecule has 1 amide bonds. The molecule has 2 atom stereocenters. The molecule has 0 heterocycles. The van der Waals surface area contributed by atoms with Gasteiger partial charge in [0.05, 0.1) is 18.9 Å². The summed E-state index contributed by atoms with van der Waals surface area (Å²) in [5, 5.41) is 4.34. The third-order valence-corrected chi connectivity index (χ3v) is 5.90. The van der Waals surface area contributed by atoms with Crippen molar-refractivity contribution < 1.29 is 23.6 Å². The van der Waals surface area contributed by atoms with Crippen LogP contribution in [0.25, 0.3) is 0 Å². The van der Waals surface area contributed by atoms with Gasteiger partial charge in [-0.15, -0.1) is 0 Å². The summed E-state index contributed by atoms with van der Waals surface area (Å²) in [5.41, 5.74) is 2.60. The van der Waals surface area contributed by atoms with Gasteiger partial charge in [-0.2, -0.15) is 0 Å². The number of amides is 1. The average molecular weight is 570 g/mol. The fourth-order valence-corrected chi connectivity index (χ4v) is 3.48. The summed E-state index contributed by atoms with van der Waals surface area (Å²) in [7, 11) is 1.35. The van der Waals surface area contributed by atoms with Gasteiger partial charge < -0.3 is 9.57 Å². The van der Waals surface area contributed by atoms with E-state index < -0.39 is 11.9 Å². The van der Waals surface area contributed by atoms with Gasteiger partial charge >= 0.3 is 5.97 Å². The van der Waals surface area contributed by atoms with Gasteiger partial charge in [0.15, 0.2) is 0 Å². The minimum atomic E-state index is -0.439. The first-order chi connectivity index (χ1) is 19.7. The van der Waals surface area contributed by atoms with Gasteiger partial charge in [0.1, 0.15) is 17.8 Å². The number of rotatable bonds is 18. The highest BCUT2D eigenvalue weighted by molar-refractivity contribution is 6.00. The molecule has 0 aromatic heterocycles. The maximum absolute atomic E-state index is 13.7. The molecule has 8 heteroatoms. The van der Waals surface area contributed by atoms with Crippen molar-refractivity contribution in [2.75, 3.05) is 7.11 Å². The molecule has 0 N–H and O–H groups in total. The number of allylic oxidation sites excluding steroid dienone is 10. The highest BCUT2D eigenvalue weighted by atomic mass is 19.1. The van der Waals surface area contributed by atoms with Crippen LogP contribution in [0.15, 0.2) is 94.1 Å². The number of hydrogen-bond acceptors (Lipinski definition) is 6. The van der Waals surface area contributed by atoms with Crippen LogP contribution in [0, 0.1) is 0 Å². The molecule has 0 aliphatic carbocycles. The number of carbonyl (C=O) groups excluding carboxylic acids is 2. The maximum atomic E-state index is 13.7. The zero-order valence-corrected chi connectivity index (χ0v) is 26.0. The van der Waals surface area contributed by atoms with Crippen molar-refractivity contribution >= 4 is 23.9 Å². The molecule has 0 bridgehead atoms. The molecule has 0 saturated heterocycles. The molecule has 0 radical (unpaired) electrons. The Bertz CT molecular complexity index is 1080. The van der Waals surface area contributed by atoms with E-state index in [9.17, 15) is 14.0 Å². The Morgan fingerprint density at radius 3 is 2.34 bits per heavy atom. The summed E-state index contributed by atoms with van der Waals surface area (Å²) in [6.45, 7) is 13.1. The Hall–Kier alpha value is -3.81. The van der Waals surface area contributed by atoms with Crippen LogP contribution in [0.5, 0.6) is 0 Å². The fourth-order valence-electron chi connectivity index (χ4n) is 3.48. The van der Waals surface area contributed by atoms with Gasteiger partial charge in [-0.1, -0.05) is 60.7 Å². The smallest absolute Gasteiger partial charge is 0.305 e. The van der Waals surface area contributed by atoms with E-state index in [1.165, 1.54) is 24.2 Å². The van der Waals surface area contributed by atoms with E-state index in [1.54, 1.807) is 26.1 Å². The van der Waals surface area contributed by atoms with Crippen LogP contribution in [-0.4, -0.2) is 48.1 Å². The van der Waals surface area contributed by atoms with E-state index in [1.807, 2.05) is 64.2 Å². The first-order valence-corrected chi connectivity index (χ1v) is 14.1. The van der Waals surface area contributed by atoms with Crippen molar-refractivity contribution in [3.8, 4) is 0 Å². The molecule has 0 aromatic rings. The van der Waals surface area contributed by atoms with Crippen LogP contribution >= 0.6 is 0 Å². The number of aliphatic imine (C=N–C) groups is 1. The van der Waals surface area contributed by atoms with Crippen molar-refractivity contribution in [1.82, 2.24) is 4.90 Å². The SMILES string of the molecule is C\C=C/C(=C\CC)C(/C)=N/OC(C)C(/C=C/N=C(CCCCC(=O)OC)N(C=O)C(C)/C=C\C(F)=C/C)=C/C=C/C. The number of halogens is 1. The van der Waals surface area contributed by atoms with Crippen LogP contribution in [0.2, 0.25) is 0 Å². The van der Waals surface area contributed by atoms with Crippen LogP contribution in [0.3, 0.4) is 0 Å². The standard InChI is InChI=1S/C33H48FN3O4/c1-9-13-18-30(28(7)41-36-27(6)29(16-10-2)17-11-3)23-24-35-32(19-14-15-20-33(39)40-8)37(25-38)26(5)21-22-31(34)12-4/h9-10,12-13,16-18,21-26,28H,11,14-15,19-20H2,1-8H3/b13-9+,16-10-,22-21-,24-23+,29-17+,30-18+,31-12+,35-32?,36-27+. The number of methoxy groups -OCH3 is 1. The summed E-state index contributed by atoms with van der Waals surface area (Å²) in [6.07, 6.45) is 22.5. The fraction of sp³-hybridized carbons (Fsp3) is 0.455. The molecule has 0 aromatic carbocycles. The molecular weight excluding hydrogens is 521 g/mol. The van der Waals surface area contributed by atoms with Crippen LogP contribution in [0.4, 0.5) is 4.39 Å². The monoisotopic (exact) mass is 569 g/mol. The molecule has 7 nitrogen and oxygen atoms in total. The Balaban J connectivity index is 6.10. The molecule has 41 heavy (non-hydrogen) atoms. The highest BCUT2D eigenvalue weighted by Gasteiger charge is 2.16. The van der Waals surface area contributed by atoms with Crippen molar-refractivity contribution in [3.63, 3.8) is 0 Å². The summed E-state index contributed by atoms with van der Waals surface area (Å²) in [6, 6.07) is -0.439. The van der Waals surface area contributed by atoms with Gasteiger partial charge in [0, 0.05) is 19.0 Å². The summed E-state index contributed by atoms with van der Waals surface area (Å²) in [4.78, 5) is 35.5. The van der Waals surface area contributed by atoms with E-state index in [0.717, 1.165) is 23.3 Å². The second-order valence-electron chi connectivity index (χ2n) is 9.11. The van der Waals surface area contributed by atoms with Crippen LogP contribution in [0.1, 0.15) is 80.6 Å². The van der Waals surface area contributed by atoms with E-state index >= 15 is 0 Å². The molecule has 0 aliphatic rings. The van der Waals surface area contributed by atoms with Crippen molar-refractivity contribution in [1.29, 1.82) is 0 Å². The lowest BCUT2D eigenvalue weighted by atomic mass is 10.1. The van der Waals surface area contributed by atoms with Crippen molar-refractivity contribution in [3.05, 3.63) is 83.9 Å². The normalized spacial score (nSPS) is 15.8. The second-order valence-corrected chi connectivity index (χ2v) is 9.11. The molecule has 0 spiro atoms. The number of oxime groups is 1. The Kier molecular flexibility index (Phi) is 20.8. The number of nitrogens with zero attached hydrogens (tertiary/aromatic N) is 3. The zero-order chi connectivity index (χ0) is 31.0. The summed E-state index contributed by atoms with van der Waals surface area (Å²) in [5.74, 6) is -0.192. The predicted molar refractivity (Wildman–Crippen MR) is 168 cm³/mol. The van der Waals surface area contributed by atoms with Gasteiger partial charge in [-0.3, -0.25) is 14.5 Å². The summed E-state index contributed by atoms with van der Waals surface area (Å²) >= 11 is 0. The van der Waals surface area contributed by atoms with Crippen LogP contribution < -0.4 is 0 Å².